The van der Waals surface area contributed by atoms with Gasteiger partial charge in [-0.1, -0.05) is 13.3 Å². The minimum Gasteiger partial charge on any atom is -0.480 e. The maximum Gasteiger partial charge on any atom is 0.327 e. The number of thioether (sulfide) groups is 1. The van der Waals surface area contributed by atoms with E-state index in [0.717, 1.165) is 17.7 Å². The SMILES string of the molecule is CCCC1SCC(C(=O)O)N1C(=O)NCc1cncs1. The van der Waals surface area contributed by atoms with E-state index in [1.165, 1.54) is 28.0 Å². The quantitative estimate of drug-likeness (QED) is 0.868. The van der Waals surface area contributed by atoms with Crippen molar-refractivity contribution in [1.82, 2.24) is 15.2 Å². The number of carbonyl (C=O) groups excluding carboxylic acids is 1. The smallest absolute Gasteiger partial charge is 0.327 e. The van der Waals surface area contributed by atoms with Crippen molar-refractivity contribution in [2.45, 2.75) is 37.7 Å². The molecule has 2 unspecified atom stereocenters. The molecule has 1 fully saturated rings. The number of hydrogen-bond acceptors (Lipinski definition) is 5. The first-order chi connectivity index (χ1) is 9.63. The topological polar surface area (TPSA) is 82.5 Å². The number of aliphatic carboxylic acids is 1. The molecule has 0 spiro atoms. The van der Waals surface area contributed by atoms with Gasteiger partial charge in [-0.05, 0) is 6.42 Å². The molecule has 2 amide bonds. The Kier molecular flexibility index (Phi) is 5.24. The van der Waals surface area contributed by atoms with Gasteiger partial charge in [-0.2, -0.15) is 0 Å². The van der Waals surface area contributed by atoms with Gasteiger partial charge < -0.3 is 10.4 Å². The Morgan fingerprint density at radius 3 is 3.00 bits per heavy atom. The van der Waals surface area contributed by atoms with Crippen LogP contribution in [0.25, 0.3) is 0 Å². The van der Waals surface area contributed by atoms with Gasteiger partial charge in [0.2, 0.25) is 0 Å². The first kappa shape index (κ1) is 15.1. The molecule has 1 aromatic heterocycles. The summed E-state index contributed by atoms with van der Waals surface area (Å²) in [5.74, 6) is -0.488. The summed E-state index contributed by atoms with van der Waals surface area (Å²) in [7, 11) is 0. The Balaban J connectivity index is 2.00. The number of hydrogen-bond donors (Lipinski definition) is 2. The lowest BCUT2D eigenvalue weighted by Gasteiger charge is -2.27. The highest BCUT2D eigenvalue weighted by Gasteiger charge is 2.41. The Bertz CT molecular complexity index is 467. The highest BCUT2D eigenvalue weighted by Crippen LogP contribution is 2.32. The summed E-state index contributed by atoms with van der Waals surface area (Å²) in [5, 5.41) is 12.0. The molecule has 2 N–H and O–H groups in total. The van der Waals surface area contributed by atoms with E-state index >= 15 is 0 Å². The fourth-order valence-corrected chi connectivity index (χ4v) is 4.13. The van der Waals surface area contributed by atoms with Gasteiger partial charge in [0.25, 0.3) is 0 Å². The van der Waals surface area contributed by atoms with Crippen molar-refractivity contribution >= 4 is 35.1 Å². The van der Waals surface area contributed by atoms with Gasteiger partial charge in [0.15, 0.2) is 0 Å². The van der Waals surface area contributed by atoms with Crippen molar-refractivity contribution in [1.29, 1.82) is 0 Å². The third-order valence-corrected chi connectivity index (χ3v) is 5.18. The van der Waals surface area contributed by atoms with Gasteiger partial charge in [-0.25, -0.2) is 9.59 Å². The second kappa shape index (κ2) is 6.94. The molecule has 0 aliphatic carbocycles. The number of carboxylic acids is 1. The number of rotatable bonds is 5. The van der Waals surface area contributed by atoms with E-state index in [1.54, 1.807) is 11.7 Å². The third-order valence-electron chi connectivity index (χ3n) is 3.05. The average molecular weight is 315 g/mol. The molecular weight excluding hydrogens is 298 g/mol. The molecule has 0 radical (unpaired) electrons. The zero-order valence-electron chi connectivity index (χ0n) is 11.1. The summed E-state index contributed by atoms with van der Waals surface area (Å²) in [5.41, 5.74) is 1.70. The summed E-state index contributed by atoms with van der Waals surface area (Å²) in [6.45, 7) is 2.41. The number of urea groups is 1. The molecular formula is C12H17N3O3S2. The molecule has 0 bridgehead atoms. The standard InChI is InChI=1S/C12H17N3O3S2/c1-2-3-10-15(9(6-19-10)11(16)17)12(18)14-5-8-4-13-7-20-8/h4,7,9-10H,2-3,5-6H2,1H3,(H,14,18)(H,16,17). The van der Waals surface area contributed by atoms with E-state index in [9.17, 15) is 14.7 Å². The van der Waals surface area contributed by atoms with E-state index in [4.69, 9.17) is 0 Å². The predicted octanol–water partition coefficient (Wildman–Crippen LogP) is 1.98. The molecule has 8 heteroatoms. The summed E-state index contributed by atoms with van der Waals surface area (Å²) < 4.78 is 0. The highest BCUT2D eigenvalue weighted by atomic mass is 32.2. The molecule has 1 aliphatic rings. The van der Waals surface area contributed by atoms with Crippen LogP contribution >= 0.6 is 23.1 Å². The van der Waals surface area contributed by atoms with Crippen LogP contribution in [0, 0.1) is 0 Å². The average Bonchev–Trinajstić information content (AvgIpc) is 3.05. The molecule has 2 atom stereocenters. The maximum absolute atomic E-state index is 12.3. The van der Waals surface area contributed by atoms with E-state index in [0.29, 0.717) is 12.3 Å². The number of aromatic nitrogens is 1. The molecule has 1 saturated heterocycles. The van der Waals surface area contributed by atoms with Crippen LogP contribution < -0.4 is 5.32 Å². The molecule has 2 rings (SSSR count). The molecule has 20 heavy (non-hydrogen) atoms. The number of carboxylic acid groups (broad SMARTS) is 1. The van der Waals surface area contributed by atoms with Gasteiger partial charge in [0, 0.05) is 16.8 Å². The Morgan fingerprint density at radius 1 is 1.60 bits per heavy atom. The Morgan fingerprint density at radius 2 is 2.40 bits per heavy atom. The molecule has 110 valence electrons. The van der Waals surface area contributed by atoms with Gasteiger partial charge >= 0.3 is 12.0 Å². The zero-order chi connectivity index (χ0) is 14.5. The van der Waals surface area contributed by atoms with Crippen molar-refractivity contribution in [2.75, 3.05) is 5.75 Å². The van der Waals surface area contributed by atoms with Crippen LogP contribution in [-0.2, 0) is 11.3 Å². The lowest BCUT2D eigenvalue weighted by Crippen LogP contribution is -2.49. The van der Waals surface area contributed by atoms with Crippen molar-refractivity contribution in [3.05, 3.63) is 16.6 Å². The third kappa shape index (κ3) is 3.43. The van der Waals surface area contributed by atoms with Crippen molar-refractivity contribution in [3.63, 3.8) is 0 Å². The van der Waals surface area contributed by atoms with Gasteiger partial charge in [-0.15, -0.1) is 23.1 Å². The lowest BCUT2D eigenvalue weighted by molar-refractivity contribution is -0.141. The largest absolute Gasteiger partial charge is 0.480 e. The van der Waals surface area contributed by atoms with E-state index in [2.05, 4.69) is 10.3 Å². The van der Waals surface area contributed by atoms with Gasteiger partial charge in [0.05, 0.1) is 17.4 Å². The minimum atomic E-state index is -0.941. The minimum absolute atomic E-state index is 0.0532. The number of nitrogens with zero attached hydrogens (tertiary/aromatic N) is 2. The summed E-state index contributed by atoms with van der Waals surface area (Å²) in [4.78, 5) is 29.9. The second-order valence-electron chi connectivity index (χ2n) is 4.46. The monoisotopic (exact) mass is 315 g/mol. The van der Waals surface area contributed by atoms with Crippen molar-refractivity contribution in [3.8, 4) is 0 Å². The molecule has 6 nitrogen and oxygen atoms in total. The summed E-state index contributed by atoms with van der Waals surface area (Å²) in [6, 6.07) is -1.05. The number of amides is 2. The van der Waals surface area contributed by atoms with Gasteiger partial charge in [0.1, 0.15) is 6.04 Å². The van der Waals surface area contributed by atoms with E-state index < -0.39 is 12.0 Å². The number of carbonyl (C=O) groups is 2. The Labute approximate surface area is 125 Å². The molecule has 1 aromatic rings. The first-order valence-electron chi connectivity index (χ1n) is 6.41. The molecule has 0 aromatic carbocycles. The van der Waals surface area contributed by atoms with Crippen molar-refractivity contribution < 1.29 is 14.7 Å². The summed E-state index contributed by atoms with van der Waals surface area (Å²) in [6.07, 6.45) is 3.42. The number of nitrogens with one attached hydrogen (secondary N) is 1. The maximum atomic E-state index is 12.3. The van der Waals surface area contributed by atoms with Crippen LogP contribution in [0.15, 0.2) is 11.7 Å². The van der Waals surface area contributed by atoms with Gasteiger partial charge in [-0.3, -0.25) is 9.88 Å². The summed E-state index contributed by atoms with van der Waals surface area (Å²) >= 11 is 3.00. The molecule has 2 heterocycles. The lowest BCUT2D eigenvalue weighted by atomic mass is 10.2. The first-order valence-corrected chi connectivity index (χ1v) is 8.34. The predicted molar refractivity (Wildman–Crippen MR) is 78.8 cm³/mol. The molecule has 0 saturated carbocycles. The van der Waals surface area contributed by atoms with Crippen LogP contribution in [0.1, 0.15) is 24.6 Å². The fraction of sp³-hybridized carbons (Fsp3) is 0.583. The fourth-order valence-electron chi connectivity index (χ4n) is 2.08. The van der Waals surface area contributed by atoms with E-state index in [1.807, 2.05) is 6.92 Å². The van der Waals surface area contributed by atoms with Crippen LogP contribution in [0.4, 0.5) is 4.79 Å². The van der Waals surface area contributed by atoms with E-state index in [-0.39, 0.29) is 11.4 Å². The van der Waals surface area contributed by atoms with Crippen LogP contribution in [-0.4, -0.2) is 44.2 Å². The van der Waals surface area contributed by atoms with Crippen LogP contribution in [0.3, 0.4) is 0 Å². The van der Waals surface area contributed by atoms with Crippen molar-refractivity contribution in [2.24, 2.45) is 0 Å². The highest BCUT2D eigenvalue weighted by molar-refractivity contribution is 8.00. The zero-order valence-corrected chi connectivity index (χ0v) is 12.7. The van der Waals surface area contributed by atoms with Crippen LogP contribution in [0.2, 0.25) is 0 Å². The van der Waals surface area contributed by atoms with Crippen LogP contribution in [0.5, 0.6) is 0 Å². The Hall–Kier alpha value is -1.28. The molecule has 1 aliphatic heterocycles. The number of thiazole rings is 1. The second-order valence-corrected chi connectivity index (χ2v) is 6.65. The normalized spacial score (nSPS) is 21.9.